The van der Waals surface area contributed by atoms with E-state index < -0.39 is 28.0 Å². The van der Waals surface area contributed by atoms with Gasteiger partial charge in [0.25, 0.3) is 0 Å². The molecule has 12 heteroatoms. The number of nitrogens with zero attached hydrogens (tertiary/aromatic N) is 6. The maximum Gasteiger partial charge on any atom is 0.358 e. The van der Waals surface area contributed by atoms with E-state index in [9.17, 15) is 20.0 Å². The van der Waals surface area contributed by atoms with Crippen molar-refractivity contribution in [3.05, 3.63) is 86.2 Å². The summed E-state index contributed by atoms with van der Waals surface area (Å²) in [6.07, 6.45) is 5.77. The minimum Gasteiger partial charge on any atom is -0.394 e. The van der Waals surface area contributed by atoms with Crippen LogP contribution in [0.4, 0.5) is 15.8 Å². The minimum absolute atomic E-state index is 0.00823. The second-order valence-electron chi connectivity index (χ2n) is 13.8. The molecule has 49 heavy (non-hydrogen) atoms. The van der Waals surface area contributed by atoms with E-state index in [0.29, 0.717) is 36.3 Å². The van der Waals surface area contributed by atoms with Gasteiger partial charge in [0.05, 0.1) is 46.0 Å². The first-order valence-corrected chi connectivity index (χ1v) is 17.1. The molecule has 3 aromatic heterocycles. The predicted molar refractivity (Wildman–Crippen MR) is 187 cm³/mol. The van der Waals surface area contributed by atoms with Crippen molar-refractivity contribution in [3.63, 3.8) is 0 Å². The van der Waals surface area contributed by atoms with Crippen LogP contribution in [0.15, 0.2) is 53.6 Å². The van der Waals surface area contributed by atoms with E-state index >= 15 is 4.39 Å². The second kappa shape index (κ2) is 13.0. The first-order valence-electron chi connectivity index (χ1n) is 17.1. The lowest BCUT2D eigenvalue weighted by atomic mass is 9.93. The Hall–Kier alpha value is -4.68. The minimum atomic E-state index is -0.866. The Morgan fingerprint density at radius 3 is 2.65 bits per heavy atom. The van der Waals surface area contributed by atoms with Crippen molar-refractivity contribution >= 4 is 33.4 Å². The summed E-state index contributed by atoms with van der Waals surface area (Å²) in [6, 6.07) is 11.9. The lowest BCUT2D eigenvalue weighted by Gasteiger charge is -2.39. The van der Waals surface area contributed by atoms with Crippen molar-refractivity contribution in [3.8, 4) is 16.9 Å². The standard InChI is InChI=1S/C37H41FN6O5/c1-21(2)25-9-5-6-10-28(25)43-36-26(34(35(37(43)46)44(47)48)41-18-22(3)12-14-24(41)19-45)17-27(38)32(40-36)31-23(4)13-15-29-33(31)39-20-42(29)30-11-7-8-16-49-30/h5-6,9-10,13,15,17,20-22,24,30,45H,7-8,11-12,14,16,18-19H2,1-4H3/t22-,24+,30?/m0/s1. The van der Waals surface area contributed by atoms with Gasteiger partial charge in [-0.3, -0.25) is 19.5 Å². The molecule has 0 amide bonds. The van der Waals surface area contributed by atoms with Crippen LogP contribution in [0.25, 0.3) is 39.0 Å². The highest BCUT2D eigenvalue weighted by molar-refractivity contribution is 5.99. The fourth-order valence-corrected chi connectivity index (χ4v) is 7.63. The fourth-order valence-electron chi connectivity index (χ4n) is 7.63. The number of aliphatic hydroxyl groups is 1. The summed E-state index contributed by atoms with van der Waals surface area (Å²) >= 11 is 0. The van der Waals surface area contributed by atoms with E-state index in [1.165, 1.54) is 10.6 Å². The summed E-state index contributed by atoms with van der Waals surface area (Å²) in [5.41, 5.74) is 2.28. The molecule has 1 N–H and O–H groups in total. The summed E-state index contributed by atoms with van der Waals surface area (Å²) < 4.78 is 26.1. The van der Waals surface area contributed by atoms with Crippen LogP contribution in [-0.4, -0.2) is 54.9 Å². The Bertz CT molecular complexity index is 2140. The van der Waals surface area contributed by atoms with Crippen LogP contribution >= 0.6 is 0 Å². The summed E-state index contributed by atoms with van der Waals surface area (Å²) in [5.74, 6) is -0.613. The number of aromatic nitrogens is 4. The van der Waals surface area contributed by atoms with Gasteiger partial charge in [0.1, 0.15) is 23.4 Å². The Kier molecular flexibility index (Phi) is 8.70. The van der Waals surface area contributed by atoms with Gasteiger partial charge in [-0.2, -0.15) is 0 Å². The van der Waals surface area contributed by atoms with Gasteiger partial charge in [-0.1, -0.05) is 45.0 Å². The number of aliphatic hydroxyl groups excluding tert-OH is 1. The molecule has 0 saturated carbocycles. The number of aryl methyl sites for hydroxylation is 1. The van der Waals surface area contributed by atoms with Crippen molar-refractivity contribution in [1.82, 2.24) is 19.1 Å². The monoisotopic (exact) mass is 668 g/mol. The number of hydrogen-bond acceptors (Lipinski definition) is 8. The van der Waals surface area contributed by atoms with Crippen LogP contribution in [0.2, 0.25) is 0 Å². The number of para-hydroxylation sites is 1. The molecule has 11 nitrogen and oxygen atoms in total. The Labute approximate surface area is 283 Å². The third-order valence-electron chi connectivity index (χ3n) is 10.1. The number of anilines is 1. The summed E-state index contributed by atoms with van der Waals surface area (Å²) in [7, 11) is 0. The normalized spacial score (nSPS) is 20.1. The molecule has 0 spiro atoms. The summed E-state index contributed by atoms with van der Waals surface area (Å²) in [6.45, 7) is 8.57. The van der Waals surface area contributed by atoms with E-state index in [0.717, 1.165) is 42.3 Å². The first kappa shape index (κ1) is 32.8. The molecule has 1 unspecified atom stereocenters. The SMILES string of the molecule is Cc1ccc2c(ncn2C2CCCCO2)c1-c1nc2c(cc1F)c(N1C[C@@H](C)CC[C@@H]1CO)c([N+](=O)[O-])c(=O)n2-c1ccccc1C(C)C. The lowest BCUT2D eigenvalue weighted by Crippen LogP contribution is -2.46. The average molecular weight is 669 g/mol. The number of pyridine rings is 2. The zero-order valence-corrected chi connectivity index (χ0v) is 28.2. The van der Waals surface area contributed by atoms with Crippen LogP contribution in [0.5, 0.6) is 0 Å². The van der Waals surface area contributed by atoms with Crippen LogP contribution in [0.1, 0.15) is 76.1 Å². The number of piperidine rings is 1. The molecule has 2 aliphatic rings. The Morgan fingerprint density at radius 1 is 1.14 bits per heavy atom. The van der Waals surface area contributed by atoms with E-state index in [1.54, 1.807) is 23.4 Å². The zero-order valence-electron chi connectivity index (χ0n) is 28.2. The Morgan fingerprint density at radius 2 is 1.94 bits per heavy atom. The topological polar surface area (TPSA) is 129 Å². The van der Waals surface area contributed by atoms with Gasteiger partial charge in [0.15, 0.2) is 5.65 Å². The van der Waals surface area contributed by atoms with Crippen LogP contribution < -0.4 is 10.5 Å². The highest BCUT2D eigenvalue weighted by Crippen LogP contribution is 2.42. The molecule has 256 valence electrons. The quantitative estimate of drug-likeness (QED) is 0.143. The first-order chi connectivity index (χ1) is 23.6. The molecular weight excluding hydrogens is 627 g/mol. The third kappa shape index (κ3) is 5.56. The maximum absolute atomic E-state index is 16.8. The van der Waals surface area contributed by atoms with Gasteiger partial charge in [-0.05, 0) is 80.2 Å². The molecule has 0 radical (unpaired) electrons. The maximum atomic E-state index is 16.8. The Balaban J connectivity index is 1.58. The summed E-state index contributed by atoms with van der Waals surface area (Å²) in [4.78, 5) is 38.2. The van der Waals surface area contributed by atoms with Crippen molar-refractivity contribution in [2.24, 2.45) is 5.92 Å². The van der Waals surface area contributed by atoms with Gasteiger partial charge < -0.3 is 19.3 Å². The number of imidazole rings is 1. The second-order valence-corrected chi connectivity index (χ2v) is 13.8. The fraction of sp³-hybridized carbons (Fsp3) is 0.432. The molecule has 3 atom stereocenters. The smallest absolute Gasteiger partial charge is 0.358 e. The van der Waals surface area contributed by atoms with Crippen LogP contribution in [0.3, 0.4) is 0 Å². The molecule has 2 aliphatic heterocycles. The average Bonchev–Trinajstić information content (AvgIpc) is 3.52. The largest absolute Gasteiger partial charge is 0.394 e. The van der Waals surface area contributed by atoms with Gasteiger partial charge in [-0.25, -0.2) is 14.4 Å². The van der Waals surface area contributed by atoms with Crippen molar-refractivity contribution in [2.75, 3.05) is 24.7 Å². The van der Waals surface area contributed by atoms with Gasteiger partial charge in [-0.15, -0.1) is 0 Å². The molecule has 2 fully saturated rings. The number of hydrogen-bond donors (Lipinski definition) is 1. The number of fused-ring (bicyclic) bond motifs is 2. The molecule has 5 aromatic rings. The molecule has 0 aliphatic carbocycles. The van der Waals surface area contributed by atoms with Gasteiger partial charge in [0, 0.05) is 18.7 Å². The molecule has 2 saturated heterocycles. The van der Waals surface area contributed by atoms with Crippen LogP contribution in [-0.2, 0) is 4.74 Å². The lowest BCUT2D eigenvalue weighted by molar-refractivity contribution is -0.385. The summed E-state index contributed by atoms with van der Waals surface area (Å²) in [5, 5.41) is 23.4. The van der Waals surface area contributed by atoms with E-state index in [2.05, 4.69) is 0 Å². The highest BCUT2D eigenvalue weighted by atomic mass is 19.1. The highest BCUT2D eigenvalue weighted by Gasteiger charge is 2.37. The van der Waals surface area contributed by atoms with Crippen molar-refractivity contribution in [1.29, 1.82) is 0 Å². The molecular formula is C37H41FN6O5. The number of nitro groups is 1. The van der Waals surface area contributed by atoms with Gasteiger partial charge in [0.2, 0.25) is 0 Å². The molecule has 2 aromatic carbocycles. The molecule has 0 bridgehead atoms. The molecule has 5 heterocycles. The van der Waals surface area contributed by atoms with Gasteiger partial charge >= 0.3 is 11.2 Å². The number of benzene rings is 2. The van der Waals surface area contributed by atoms with E-state index in [4.69, 9.17) is 14.7 Å². The van der Waals surface area contributed by atoms with Crippen molar-refractivity contribution in [2.45, 2.75) is 78.0 Å². The van der Waals surface area contributed by atoms with Crippen molar-refractivity contribution < 1.29 is 19.2 Å². The predicted octanol–water partition coefficient (Wildman–Crippen LogP) is 7.18. The number of rotatable bonds is 7. The number of ether oxygens (including phenoxy) is 1. The van der Waals surface area contributed by atoms with E-state index in [1.807, 2.05) is 56.5 Å². The number of halogens is 1. The third-order valence-corrected chi connectivity index (χ3v) is 10.1. The molecule has 7 rings (SSSR count). The zero-order chi connectivity index (χ0) is 34.6. The van der Waals surface area contributed by atoms with Crippen LogP contribution in [0, 0.1) is 28.8 Å². The van der Waals surface area contributed by atoms with E-state index in [-0.39, 0.29) is 47.1 Å².